The zero-order chi connectivity index (χ0) is 15.5. The molecule has 2 heterocycles. The van der Waals surface area contributed by atoms with E-state index >= 15 is 0 Å². The molecular formula is C17H23N5. The van der Waals surface area contributed by atoms with Crippen LogP contribution in [-0.2, 0) is 13.0 Å². The number of rotatable bonds is 6. The topological polar surface area (TPSA) is 58.5 Å². The van der Waals surface area contributed by atoms with Crippen molar-refractivity contribution in [3.8, 4) is 0 Å². The fraction of sp³-hybridized carbons (Fsp3) is 0.412. The second kappa shape index (κ2) is 6.32. The first kappa shape index (κ1) is 14.8. The van der Waals surface area contributed by atoms with Gasteiger partial charge in [0.1, 0.15) is 5.82 Å². The second-order valence-electron chi connectivity index (χ2n) is 5.92. The molecule has 3 aromatic rings. The summed E-state index contributed by atoms with van der Waals surface area (Å²) in [5.41, 5.74) is 4.43. The molecule has 0 aliphatic carbocycles. The Balaban J connectivity index is 1.51. The summed E-state index contributed by atoms with van der Waals surface area (Å²) < 4.78 is 2.06. The average molecular weight is 297 g/mol. The van der Waals surface area contributed by atoms with Crippen molar-refractivity contribution in [2.75, 3.05) is 6.54 Å². The summed E-state index contributed by atoms with van der Waals surface area (Å²) in [7, 11) is 0. The molecule has 0 radical (unpaired) electrons. The summed E-state index contributed by atoms with van der Waals surface area (Å²) >= 11 is 0. The number of aromatic amines is 1. The van der Waals surface area contributed by atoms with E-state index < -0.39 is 0 Å². The van der Waals surface area contributed by atoms with E-state index in [1.54, 1.807) is 0 Å². The minimum absolute atomic E-state index is 0.377. The van der Waals surface area contributed by atoms with Crippen molar-refractivity contribution >= 4 is 11.0 Å². The number of imidazole rings is 1. The van der Waals surface area contributed by atoms with Gasteiger partial charge in [-0.25, -0.2) is 4.98 Å². The molecule has 5 heteroatoms. The Morgan fingerprint density at radius 1 is 1.27 bits per heavy atom. The van der Waals surface area contributed by atoms with Gasteiger partial charge in [-0.05, 0) is 39.0 Å². The van der Waals surface area contributed by atoms with E-state index in [1.807, 2.05) is 25.1 Å². The molecule has 5 nitrogen and oxygen atoms in total. The van der Waals surface area contributed by atoms with E-state index in [2.05, 4.69) is 51.0 Å². The summed E-state index contributed by atoms with van der Waals surface area (Å²) in [6.07, 6.45) is 0.899. The Bertz CT molecular complexity index is 722. The summed E-state index contributed by atoms with van der Waals surface area (Å²) in [5, 5.41) is 8.04. The lowest BCUT2D eigenvalue weighted by atomic mass is 10.3. The summed E-state index contributed by atoms with van der Waals surface area (Å²) in [6.45, 7) is 8.11. The molecule has 22 heavy (non-hydrogen) atoms. The van der Waals surface area contributed by atoms with E-state index in [4.69, 9.17) is 0 Å². The van der Waals surface area contributed by atoms with Crippen molar-refractivity contribution in [3.05, 3.63) is 47.5 Å². The lowest BCUT2D eigenvalue weighted by Gasteiger charge is -2.14. The molecule has 0 saturated heterocycles. The van der Waals surface area contributed by atoms with Crippen molar-refractivity contribution in [1.82, 2.24) is 25.1 Å². The molecule has 1 aromatic carbocycles. The molecule has 0 bridgehead atoms. The minimum atomic E-state index is 0.377. The van der Waals surface area contributed by atoms with Crippen molar-refractivity contribution < 1.29 is 0 Å². The molecule has 2 aromatic heterocycles. The predicted octanol–water partition coefficient (Wildman–Crippen LogP) is 2.60. The highest BCUT2D eigenvalue weighted by atomic mass is 15.3. The highest BCUT2D eigenvalue weighted by Gasteiger charge is 2.07. The standard InChI is InChI=1S/C17H23N5/c1-12-10-14(3)22(21-12)11-13(2)18-9-8-17-19-15-6-4-5-7-16(15)20-17/h4-7,10,13,18H,8-9,11H2,1-3H3,(H,19,20). The third-order valence-electron chi connectivity index (χ3n) is 3.84. The maximum Gasteiger partial charge on any atom is 0.108 e. The Morgan fingerprint density at radius 2 is 2.09 bits per heavy atom. The molecule has 0 aliphatic heterocycles. The maximum absolute atomic E-state index is 4.60. The molecule has 0 spiro atoms. The van der Waals surface area contributed by atoms with Crippen LogP contribution in [0.2, 0.25) is 0 Å². The summed E-state index contributed by atoms with van der Waals surface area (Å²) in [4.78, 5) is 7.96. The zero-order valence-corrected chi connectivity index (χ0v) is 13.4. The molecule has 0 aliphatic rings. The first-order valence-electron chi connectivity index (χ1n) is 7.80. The Labute approximate surface area is 130 Å². The Morgan fingerprint density at radius 3 is 2.82 bits per heavy atom. The zero-order valence-electron chi connectivity index (χ0n) is 13.4. The normalized spacial score (nSPS) is 12.9. The number of aromatic nitrogens is 4. The molecule has 116 valence electrons. The van der Waals surface area contributed by atoms with Crippen LogP contribution in [-0.4, -0.2) is 32.3 Å². The largest absolute Gasteiger partial charge is 0.342 e. The van der Waals surface area contributed by atoms with Crippen LogP contribution in [0, 0.1) is 13.8 Å². The summed E-state index contributed by atoms with van der Waals surface area (Å²) in [5.74, 6) is 1.03. The maximum atomic E-state index is 4.60. The van der Waals surface area contributed by atoms with Crippen LogP contribution >= 0.6 is 0 Å². The summed E-state index contributed by atoms with van der Waals surface area (Å²) in [6, 6.07) is 10.6. The first-order chi connectivity index (χ1) is 10.6. The number of hydrogen-bond acceptors (Lipinski definition) is 3. The number of H-pyrrole nitrogens is 1. The van der Waals surface area contributed by atoms with Crippen LogP contribution in [0.25, 0.3) is 11.0 Å². The fourth-order valence-corrected chi connectivity index (χ4v) is 2.74. The van der Waals surface area contributed by atoms with E-state index in [0.29, 0.717) is 6.04 Å². The minimum Gasteiger partial charge on any atom is -0.342 e. The third-order valence-corrected chi connectivity index (χ3v) is 3.84. The fourth-order valence-electron chi connectivity index (χ4n) is 2.74. The number of hydrogen-bond donors (Lipinski definition) is 2. The predicted molar refractivity (Wildman–Crippen MR) is 89.0 cm³/mol. The molecule has 0 saturated carbocycles. The number of benzene rings is 1. The van der Waals surface area contributed by atoms with Gasteiger partial charge in [0, 0.05) is 24.7 Å². The molecule has 1 unspecified atom stereocenters. The third kappa shape index (κ3) is 3.36. The van der Waals surface area contributed by atoms with Crippen LogP contribution in [0.4, 0.5) is 0 Å². The van der Waals surface area contributed by atoms with Crippen LogP contribution in [0.1, 0.15) is 24.1 Å². The number of para-hydroxylation sites is 2. The van der Waals surface area contributed by atoms with E-state index in [-0.39, 0.29) is 0 Å². The lowest BCUT2D eigenvalue weighted by Crippen LogP contribution is -2.32. The Hall–Kier alpha value is -2.14. The van der Waals surface area contributed by atoms with Crippen molar-refractivity contribution in [3.63, 3.8) is 0 Å². The highest BCUT2D eigenvalue weighted by Crippen LogP contribution is 2.10. The monoisotopic (exact) mass is 297 g/mol. The molecule has 0 amide bonds. The van der Waals surface area contributed by atoms with Gasteiger partial charge in [-0.15, -0.1) is 0 Å². The van der Waals surface area contributed by atoms with E-state index in [0.717, 1.165) is 42.1 Å². The van der Waals surface area contributed by atoms with Gasteiger partial charge in [0.15, 0.2) is 0 Å². The van der Waals surface area contributed by atoms with Gasteiger partial charge in [-0.1, -0.05) is 12.1 Å². The van der Waals surface area contributed by atoms with Gasteiger partial charge in [-0.2, -0.15) is 5.10 Å². The van der Waals surface area contributed by atoms with Crippen LogP contribution in [0.5, 0.6) is 0 Å². The number of nitrogens with zero attached hydrogens (tertiary/aromatic N) is 3. The van der Waals surface area contributed by atoms with Gasteiger partial charge < -0.3 is 10.3 Å². The van der Waals surface area contributed by atoms with Crippen molar-refractivity contribution in [1.29, 1.82) is 0 Å². The number of fused-ring (bicyclic) bond motifs is 1. The Kier molecular flexibility index (Phi) is 4.24. The van der Waals surface area contributed by atoms with Crippen LogP contribution < -0.4 is 5.32 Å². The molecule has 2 N–H and O–H groups in total. The lowest BCUT2D eigenvalue weighted by molar-refractivity contribution is 0.446. The van der Waals surface area contributed by atoms with Gasteiger partial charge in [0.05, 0.1) is 23.3 Å². The molecule has 0 fully saturated rings. The van der Waals surface area contributed by atoms with Crippen LogP contribution in [0.3, 0.4) is 0 Å². The van der Waals surface area contributed by atoms with E-state index in [1.165, 1.54) is 5.69 Å². The van der Waals surface area contributed by atoms with Gasteiger partial charge >= 0.3 is 0 Å². The van der Waals surface area contributed by atoms with Gasteiger partial charge in [-0.3, -0.25) is 4.68 Å². The number of nitrogens with one attached hydrogen (secondary N) is 2. The molecule has 1 atom stereocenters. The molecular weight excluding hydrogens is 274 g/mol. The quantitative estimate of drug-likeness (QED) is 0.735. The van der Waals surface area contributed by atoms with Gasteiger partial charge in [0.25, 0.3) is 0 Å². The molecule has 3 rings (SSSR count). The average Bonchev–Trinajstić information content (AvgIpc) is 3.01. The van der Waals surface area contributed by atoms with E-state index in [9.17, 15) is 0 Å². The number of aryl methyl sites for hydroxylation is 2. The second-order valence-corrected chi connectivity index (χ2v) is 5.92. The highest BCUT2D eigenvalue weighted by molar-refractivity contribution is 5.74. The smallest absolute Gasteiger partial charge is 0.108 e. The van der Waals surface area contributed by atoms with Crippen molar-refractivity contribution in [2.24, 2.45) is 0 Å². The first-order valence-corrected chi connectivity index (χ1v) is 7.80. The SMILES string of the molecule is Cc1cc(C)n(CC(C)NCCc2nc3ccccc3[nH]2)n1. The van der Waals surface area contributed by atoms with Gasteiger partial charge in [0.2, 0.25) is 0 Å². The van der Waals surface area contributed by atoms with Crippen LogP contribution in [0.15, 0.2) is 30.3 Å². The van der Waals surface area contributed by atoms with Crippen molar-refractivity contribution in [2.45, 2.75) is 39.8 Å².